The van der Waals surface area contributed by atoms with Crippen LogP contribution in [0.5, 0.6) is 0 Å². The Morgan fingerprint density at radius 2 is 1.75 bits per heavy atom. The summed E-state index contributed by atoms with van der Waals surface area (Å²) in [5, 5.41) is 0.751. The molecule has 2 aromatic carbocycles. The number of imidazole rings is 1. The lowest BCUT2D eigenvalue weighted by Gasteiger charge is -1.98. The Hall–Kier alpha value is -1.58. The van der Waals surface area contributed by atoms with E-state index in [-0.39, 0.29) is 17.0 Å². The van der Waals surface area contributed by atoms with Gasteiger partial charge in [-0.1, -0.05) is 48.0 Å². The lowest BCUT2D eigenvalue weighted by atomic mass is 10.1. The maximum Gasteiger partial charge on any atom is 0.141 e. The monoisotopic (exact) mass is 346 g/mol. The van der Waals surface area contributed by atoms with Crippen molar-refractivity contribution in [3.8, 4) is 22.6 Å². The number of rotatable bonds is 1. The van der Waals surface area contributed by atoms with E-state index in [1.165, 1.54) is 11.1 Å². The lowest BCUT2D eigenvalue weighted by molar-refractivity contribution is 0.848. The van der Waals surface area contributed by atoms with Crippen molar-refractivity contribution in [2.24, 2.45) is 0 Å². The van der Waals surface area contributed by atoms with Crippen molar-refractivity contribution in [3.05, 3.63) is 65.3 Å². The van der Waals surface area contributed by atoms with E-state index in [1.807, 2.05) is 24.3 Å². The van der Waals surface area contributed by atoms with Gasteiger partial charge in [-0.25, -0.2) is 4.98 Å². The smallest absolute Gasteiger partial charge is 0.141 e. The molecule has 0 bridgehead atoms. The zero-order chi connectivity index (χ0) is 12.8. The highest BCUT2D eigenvalue weighted by atomic mass is 79.9. The van der Waals surface area contributed by atoms with Crippen LogP contribution in [-0.4, -0.2) is 9.55 Å². The molecule has 2 heterocycles. The second-order valence-electron chi connectivity index (χ2n) is 4.74. The van der Waals surface area contributed by atoms with Crippen LogP contribution < -0.4 is 0 Å². The predicted octanol–water partition coefficient (Wildman–Crippen LogP) is 4.81. The van der Waals surface area contributed by atoms with Gasteiger partial charge in [-0.05, 0) is 17.7 Å². The van der Waals surface area contributed by atoms with Gasteiger partial charge in [-0.15, -0.1) is 17.0 Å². The van der Waals surface area contributed by atoms with E-state index in [0.717, 1.165) is 28.6 Å². The standard InChI is InChI=1S/C16H11ClN2.BrH/c17-13-7-5-11(6-8-13)15-10-19-9-12-3-1-2-4-14(12)16(19)18-15;/h1-8,10H,9H2;1H. The third-order valence-electron chi connectivity index (χ3n) is 3.52. The first-order valence-electron chi connectivity index (χ1n) is 6.23. The minimum atomic E-state index is 0. The summed E-state index contributed by atoms with van der Waals surface area (Å²) in [5.41, 5.74) is 4.68. The number of halogens is 2. The number of hydrogen-bond acceptors (Lipinski definition) is 1. The third kappa shape index (κ3) is 2.07. The van der Waals surface area contributed by atoms with Crippen LogP contribution in [0.2, 0.25) is 5.02 Å². The summed E-state index contributed by atoms with van der Waals surface area (Å²) in [6, 6.07) is 16.2. The van der Waals surface area contributed by atoms with Gasteiger partial charge in [0.15, 0.2) is 0 Å². The molecule has 0 saturated heterocycles. The molecule has 0 atom stereocenters. The minimum absolute atomic E-state index is 0. The quantitative estimate of drug-likeness (QED) is 0.483. The molecule has 100 valence electrons. The van der Waals surface area contributed by atoms with Crippen molar-refractivity contribution in [2.75, 3.05) is 0 Å². The molecule has 0 spiro atoms. The summed E-state index contributed by atoms with van der Waals surface area (Å²) in [7, 11) is 0. The first kappa shape index (κ1) is 13.4. The van der Waals surface area contributed by atoms with E-state index < -0.39 is 0 Å². The fourth-order valence-electron chi connectivity index (χ4n) is 2.57. The number of aromatic nitrogens is 2. The molecule has 4 heteroatoms. The minimum Gasteiger partial charge on any atom is -0.326 e. The molecule has 0 unspecified atom stereocenters. The summed E-state index contributed by atoms with van der Waals surface area (Å²) < 4.78 is 2.20. The second-order valence-corrected chi connectivity index (χ2v) is 5.18. The van der Waals surface area contributed by atoms with Crippen LogP contribution in [0, 0.1) is 0 Å². The lowest BCUT2D eigenvalue weighted by Crippen LogP contribution is -1.89. The second kappa shape index (κ2) is 5.08. The first-order valence-corrected chi connectivity index (χ1v) is 6.60. The van der Waals surface area contributed by atoms with Gasteiger partial charge in [-0.3, -0.25) is 0 Å². The molecule has 2 nitrogen and oxygen atoms in total. The maximum atomic E-state index is 5.92. The van der Waals surface area contributed by atoms with Crippen molar-refractivity contribution in [1.82, 2.24) is 9.55 Å². The summed E-state index contributed by atoms with van der Waals surface area (Å²) in [6.45, 7) is 0.909. The summed E-state index contributed by atoms with van der Waals surface area (Å²) >= 11 is 5.92. The molecule has 4 rings (SSSR count). The van der Waals surface area contributed by atoms with Gasteiger partial charge in [0.1, 0.15) is 5.82 Å². The molecular formula is C16H12BrClN2. The molecule has 1 aliphatic rings. The Morgan fingerprint density at radius 1 is 1.00 bits per heavy atom. The molecule has 1 aliphatic heterocycles. The van der Waals surface area contributed by atoms with E-state index in [2.05, 4.69) is 35.0 Å². The maximum absolute atomic E-state index is 5.92. The van der Waals surface area contributed by atoms with Gasteiger partial charge in [0.2, 0.25) is 0 Å². The van der Waals surface area contributed by atoms with E-state index in [1.54, 1.807) is 0 Å². The van der Waals surface area contributed by atoms with Crippen LogP contribution in [0.1, 0.15) is 5.56 Å². The molecule has 0 aliphatic carbocycles. The largest absolute Gasteiger partial charge is 0.326 e. The first-order chi connectivity index (χ1) is 9.31. The van der Waals surface area contributed by atoms with Crippen LogP contribution in [0.25, 0.3) is 22.6 Å². The fourth-order valence-corrected chi connectivity index (χ4v) is 2.70. The average Bonchev–Trinajstić information content (AvgIpc) is 2.97. The highest BCUT2D eigenvalue weighted by Crippen LogP contribution is 2.33. The molecule has 0 saturated carbocycles. The van der Waals surface area contributed by atoms with Gasteiger partial charge in [-0.2, -0.15) is 0 Å². The number of benzene rings is 2. The predicted molar refractivity (Wildman–Crippen MR) is 87.5 cm³/mol. The van der Waals surface area contributed by atoms with Crippen LogP contribution >= 0.6 is 28.6 Å². The molecule has 0 radical (unpaired) electrons. The molecule has 0 fully saturated rings. The summed E-state index contributed by atoms with van der Waals surface area (Å²) in [4.78, 5) is 4.75. The number of nitrogens with zero attached hydrogens (tertiary/aromatic N) is 2. The van der Waals surface area contributed by atoms with Crippen molar-refractivity contribution in [3.63, 3.8) is 0 Å². The van der Waals surface area contributed by atoms with Gasteiger partial charge in [0, 0.05) is 28.9 Å². The zero-order valence-electron chi connectivity index (χ0n) is 10.6. The van der Waals surface area contributed by atoms with E-state index >= 15 is 0 Å². The average molecular weight is 348 g/mol. The van der Waals surface area contributed by atoms with Gasteiger partial charge in [0.25, 0.3) is 0 Å². The van der Waals surface area contributed by atoms with Gasteiger partial charge >= 0.3 is 0 Å². The summed E-state index contributed by atoms with van der Waals surface area (Å²) in [6.07, 6.45) is 2.11. The van der Waals surface area contributed by atoms with Gasteiger partial charge < -0.3 is 4.57 Å². The van der Waals surface area contributed by atoms with Crippen LogP contribution in [0.15, 0.2) is 54.7 Å². The van der Waals surface area contributed by atoms with Crippen LogP contribution in [0.4, 0.5) is 0 Å². The molecule has 0 N–H and O–H groups in total. The van der Waals surface area contributed by atoms with Crippen molar-refractivity contribution >= 4 is 28.6 Å². The number of fused-ring (bicyclic) bond motifs is 3. The topological polar surface area (TPSA) is 17.8 Å². The Labute approximate surface area is 132 Å². The molecular weight excluding hydrogens is 336 g/mol. The third-order valence-corrected chi connectivity index (χ3v) is 3.77. The van der Waals surface area contributed by atoms with Crippen molar-refractivity contribution in [1.29, 1.82) is 0 Å². The van der Waals surface area contributed by atoms with E-state index in [9.17, 15) is 0 Å². The molecule has 3 aromatic rings. The normalized spacial score (nSPS) is 11.7. The van der Waals surface area contributed by atoms with E-state index in [0.29, 0.717) is 0 Å². The van der Waals surface area contributed by atoms with Gasteiger partial charge in [0.05, 0.1) is 5.69 Å². The molecule has 0 amide bonds. The Balaban J connectivity index is 0.00000121. The Morgan fingerprint density at radius 3 is 2.55 bits per heavy atom. The Kier molecular flexibility index (Phi) is 3.40. The molecule has 1 aromatic heterocycles. The van der Waals surface area contributed by atoms with Crippen LogP contribution in [0.3, 0.4) is 0 Å². The Bertz CT molecular complexity index is 762. The van der Waals surface area contributed by atoms with E-state index in [4.69, 9.17) is 16.6 Å². The van der Waals surface area contributed by atoms with Crippen LogP contribution in [-0.2, 0) is 6.54 Å². The van der Waals surface area contributed by atoms with Crippen molar-refractivity contribution < 1.29 is 0 Å². The summed E-state index contributed by atoms with van der Waals surface area (Å²) in [5.74, 6) is 1.06. The SMILES string of the molecule is Br.Clc1ccc(-c2cn3c(n2)-c2ccccc2C3)cc1. The fraction of sp³-hybridized carbons (Fsp3) is 0.0625. The zero-order valence-corrected chi connectivity index (χ0v) is 13.1. The number of hydrogen-bond donors (Lipinski definition) is 0. The molecule has 20 heavy (non-hydrogen) atoms. The highest BCUT2D eigenvalue weighted by molar-refractivity contribution is 8.93. The van der Waals surface area contributed by atoms with Crippen molar-refractivity contribution in [2.45, 2.75) is 6.54 Å². The highest BCUT2D eigenvalue weighted by Gasteiger charge is 2.20.